The van der Waals surface area contributed by atoms with E-state index in [1.807, 2.05) is 0 Å². The largest absolute Gasteiger partial charge is 0.414 e. The molecule has 1 amide bonds. The molecule has 5 atom stereocenters. The Balaban J connectivity index is 1.59. The summed E-state index contributed by atoms with van der Waals surface area (Å²) in [6, 6.07) is -1.40. The third kappa shape index (κ3) is 3.04. The minimum absolute atomic E-state index is 0.0306. The van der Waals surface area contributed by atoms with Crippen LogP contribution in [0.3, 0.4) is 0 Å². The molecule has 0 aromatic carbocycles. The van der Waals surface area contributed by atoms with E-state index in [1.54, 1.807) is 0 Å². The van der Waals surface area contributed by atoms with Crippen molar-refractivity contribution in [3.05, 3.63) is 0 Å². The van der Waals surface area contributed by atoms with Gasteiger partial charge in [0, 0.05) is 19.4 Å². The smallest absolute Gasteiger partial charge is 0.364 e. The number of carbonyl (C=O) groups is 1. The van der Waals surface area contributed by atoms with Crippen molar-refractivity contribution in [2.75, 3.05) is 19.7 Å². The van der Waals surface area contributed by atoms with Crippen LogP contribution in [-0.4, -0.2) is 85.2 Å². The van der Waals surface area contributed by atoms with E-state index in [9.17, 15) is 21.6 Å². The van der Waals surface area contributed by atoms with E-state index >= 15 is 0 Å². The minimum Gasteiger partial charge on any atom is -0.364 e. The molecule has 0 radical (unpaired) electrons. The summed E-state index contributed by atoms with van der Waals surface area (Å²) < 4.78 is 65.9. The first-order valence-corrected chi connectivity index (χ1v) is 11.5. The first kappa shape index (κ1) is 20.3. The molecule has 1 spiro atoms. The number of primary amides is 1. The number of piperidine rings is 1. The third-order valence-electron chi connectivity index (χ3n) is 5.79. The number of hydrogen-bond acceptors (Lipinski definition) is 9. The highest BCUT2D eigenvalue weighted by Gasteiger charge is 2.82. The fraction of sp³-hybridized carbons (Fsp3) is 0.917. The van der Waals surface area contributed by atoms with Gasteiger partial charge in [0.25, 0.3) is 16.1 Å². The van der Waals surface area contributed by atoms with Gasteiger partial charge in [0.2, 0.25) is 11.8 Å². The molecule has 5 aliphatic heterocycles. The molecule has 4 unspecified atom stereocenters. The van der Waals surface area contributed by atoms with Gasteiger partial charge in [-0.1, -0.05) is 0 Å². The van der Waals surface area contributed by atoms with Gasteiger partial charge in [0.15, 0.2) is 6.54 Å². The van der Waals surface area contributed by atoms with Gasteiger partial charge in [0.1, 0.15) is 6.61 Å². The molecule has 0 aliphatic carbocycles. The monoisotopic (exact) mass is 444 g/mol. The Morgan fingerprint density at radius 2 is 2.04 bits per heavy atom. The van der Waals surface area contributed by atoms with Gasteiger partial charge in [-0.3, -0.25) is 14.1 Å². The first-order chi connectivity index (χ1) is 12.9. The lowest BCUT2D eigenvalue weighted by molar-refractivity contribution is -1.14. The minimum atomic E-state index is -4.82. The summed E-state index contributed by atoms with van der Waals surface area (Å²) in [5, 5.41) is 6.19. The molecule has 0 aromatic heterocycles. The van der Waals surface area contributed by atoms with Crippen LogP contribution in [0.5, 0.6) is 0 Å². The Morgan fingerprint density at radius 3 is 2.64 bits per heavy atom. The lowest BCUT2D eigenvalue weighted by Crippen LogP contribution is -2.66. The zero-order chi connectivity index (χ0) is 20.5. The van der Waals surface area contributed by atoms with Crippen molar-refractivity contribution in [3.8, 4) is 0 Å². The number of quaternary nitrogens is 1. The number of nitrogens with zero attached hydrogens (tertiary/aromatic N) is 3. The zero-order valence-electron chi connectivity index (χ0n) is 14.7. The number of rotatable bonds is 7. The van der Waals surface area contributed by atoms with Crippen LogP contribution in [0, 0.1) is 0 Å². The predicted octanol–water partition coefficient (Wildman–Crippen LogP) is -2.89. The molecule has 5 fully saturated rings. The van der Waals surface area contributed by atoms with Crippen molar-refractivity contribution >= 4 is 26.5 Å². The molecule has 5 rings (SSSR count). The summed E-state index contributed by atoms with van der Waals surface area (Å²) in [6.45, 7) is 0.187. The van der Waals surface area contributed by atoms with Crippen LogP contribution < -0.4 is 10.9 Å². The SMILES string of the molecule is NC(=O)[C@@H]1CCC23C[N+]1(OCC1CCCN1S(N)(=O)=O)C(O2)N3OS(=O)(=O)O. The Kier molecular flexibility index (Phi) is 4.55. The molecule has 0 aromatic rings. The zero-order valence-corrected chi connectivity index (χ0v) is 16.3. The van der Waals surface area contributed by atoms with Crippen LogP contribution in [0.25, 0.3) is 0 Å². The Morgan fingerprint density at radius 1 is 1.32 bits per heavy atom. The van der Waals surface area contributed by atoms with Gasteiger partial charge >= 0.3 is 16.8 Å². The summed E-state index contributed by atoms with van der Waals surface area (Å²) in [6.07, 6.45) is 0.445. The van der Waals surface area contributed by atoms with E-state index in [1.165, 1.54) is 0 Å². The Labute approximate surface area is 161 Å². The van der Waals surface area contributed by atoms with E-state index in [2.05, 4.69) is 4.28 Å². The summed E-state index contributed by atoms with van der Waals surface area (Å²) in [5.41, 5.74) is 4.35. The maximum absolute atomic E-state index is 12.0. The molecule has 5 heterocycles. The van der Waals surface area contributed by atoms with Gasteiger partial charge in [-0.2, -0.15) is 26.0 Å². The van der Waals surface area contributed by atoms with Crippen molar-refractivity contribution in [1.29, 1.82) is 0 Å². The van der Waals surface area contributed by atoms with Crippen LogP contribution in [0.15, 0.2) is 0 Å². The molecule has 14 nitrogen and oxygen atoms in total. The molecule has 5 saturated heterocycles. The molecular weight excluding hydrogens is 422 g/mol. The first-order valence-electron chi connectivity index (χ1n) is 8.63. The molecular formula is C12H22N5O9S2+. The molecule has 16 heteroatoms. The number of carbonyl (C=O) groups excluding carboxylic acids is 1. The molecule has 3 bridgehead atoms. The molecule has 5 N–H and O–H groups in total. The van der Waals surface area contributed by atoms with E-state index in [0.717, 1.165) is 9.37 Å². The fourth-order valence-corrected chi connectivity index (χ4v) is 6.06. The van der Waals surface area contributed by atoms with Crippen molar-refractivity contribution in [2.45, 2.75) is 49.8 Å². The van der Waals surface area contributed by atoms with Crippen LogP contribution in [0.4, 0.5) is 0 Å². The van der Waals surface area contributed by atoms with E-state index < -0.39 is 55.3 Å². The van der Waals surface area contributed by atoms with Gasteiger partial charge in [-0.25, -0.2) is 5.14 Å². The molecule has 28 heavy (non-hydrogen) atoms. The second-order valence-corrected chi connectivity index (χ2v) is 9.94. The van der Waals surface area contributed by atoms with Crippen LogP contribution in [0.1, 0.15) is 25.7 Å². The quantitative estimate of drug-likeness (QED) is 0.271. The summed E-state index contributed by atoms with van der Waals surface area (Å²) in [7, 11) is -8.73. The molecule has 160 valence electrons. The number of hydroxylamine groups is 5. The van der Waals surface area contributed by atoms with Gasteiger partial charge in [-0.15, -0.1) is 8.93 Å². The maximum atomic E-state index is 12.0. The molecule has 5 aliphatic rings. The van der Waals surface area contributed by atoms with E-state index in [0.29, 0.717) is 12.8 Å². The highest BCUT2D eigenvalue weighted by Crippen LogP contribution is 2.57. The second kappa shape index (κ2) is 6.27. The van der Waals surface area contributed by atoms with Gasteiger partial charge in [0.05, 0.1) is 6.04 Å². The van der Waals surface area contributed by atoms with Gasteiger partial charge in [-0.05, 0) is 17.9 Å². The van der Waals surface area contributed by atoms with E-state index in [4.69, 9.17) is 25.0 Å². The second-order valence-electron chi connectivity index (χ2n) is 7.43. The summed E-state index contributed by atoms with van der Waals surface area (Å²) >= 11 is 0. The Hall–Kier alpha value is -0.950. The van der Waals surface area contributed by atoms with Crippen LogP contribution >= 0.6 is 0 Å². The van der Waals surface area contributed by atoms with Gasteiger partial charge < -0.3 is 5.73 Å². The normalized spacial score (nSPS) is 41.1. The topological polar surface area (TPSA) is 192 Å². The predicted molar refractivity (Wildman–Crippen MR) is 88.2 cm³/mol. The number of ether oxygens (including phenoxy) is 1. The lowest BCUT2D eigenvalue weighted by Gasteiger charge is -2.42. The van der Waals surface area contributed by atoms with E-state index in [-0.39, 0.29) is 32.5 Å². The van der Waals surface area contributed by atoms with Crippen molar-refractivity contribution in [2.24, 2.45) is 10.9 Å². The number of amides is 1. The van der Waals surface area contributed by atoms with Crippen molar-refractivity contribution in [1.82, 2.24) is 9.37 Å². The standard InChI is InChI=1S/C12H21N5O9S2/c13-10(18)9-3-4-12-7-17(9,11(25-12)16(12)26-28(21,22)23)24-6-8-2-1-5-15(8)27(14,19)20/h8-9,11H,1-7H2,(H4-,13,14,18,19,20,21,22,23)/p+1/t8?,9-,11?,12?,17?/m0/s1. The summed E-state index contributed by atoms with van der Waals surface area (Å²) in [5.74, 6) is -0.674. The maximum Gasteiger partial charge on any atom is 0.414 e. The highest BCUT2D eigenvalue weighted by atomic mass is 32.3. The average molecular weight is 444 g/mol. The highest BCUT2D eigenvalue weighted by molar-refractivity contribution is 7.86. The number of hydrogen-bond donors (Lipinski definition) is 3. The van der Waals surface area contributed by atoms with Crippen LogP contribution in [-0.2, 0) is 39.3 Å². The summed E-state index contributed by atoms with van der Waals surface area (Å²) in [4.78, 5) is 18.0. The van der Waals surface area contributed by atoms with Crippen molar-refractivity contribution < 1.29 is 44.7 Å². The molecule has 0 saturated carbocycles. The third-order valence-corrected chi connectivity index (χ3v) is 7.27. The number of nitrogens with two attached hydrogens (primary N) is 2. The van der Waals surface area contributed by atoms with Crippen molar-refractivity contribution in [3.63, 3.8) is 0 Å². The lowest BCUT2D eigenvalue weighted by atomic mass is 9.97. The van der Waals surface area contributed by atoms with Crippen LogP contribution in [0.2, 0.25) is 0 Å². The average Bonchev–Trinajstić information content (AvgIpc) is 3.17. The Bertz CT molecular complexity index is 897. The fourth-order valence-electron chi connectivity index (χ4n) is 4.68.